The maximum atomic E-state index is 12.2. The fourth-order valence-electron chi connectivity index (χ4n) is 3.15. The van der Waals surface area contributed by atoms with Crippen LogP contribution in [0.15, 0.2) is 54.4 Å². The number of nitrogens with one attached hydrogen (secondary N) is 3. The molecule has 0 saturated carbocycles. The van der Waals surface area contributed by atoms with Gasteiger partial charge in [-0.3, -0.25) is 4.79 Å². The Kier molecular flexibility index (Phi) is 12.2. The first-order chi connectivity index (χ1) is 19.0. The maximum Gasteiger partial charge on any atom is 0.410 e. The summed E-state index contributed by atoms with van der Waals surface area (Å²) in [6.45, 7) is 9.49. The van der Waals surface area contributed by atoms with Gasteiger partial charge in [-0.15, -0.1) is 0 Å². The molecular weight excluding hydrogens is 506 g/mol. The second-order valence-electron chi connectivity index (χ2n) is 9.73. The Labute approximate surface area is 236 Å². The maximum absolute atomic E-state index is 12.2. The van der Waals surface area contributed by atoms with Crippen LogP contribution >= 0.6 is 0 Å². The summed E-state index contributed by atoms with van der Waals surface area (Å²) in [5.74, 6) is 6.86. The molecule has 0 fully saturated rings. The van der Waals surface area contributed by atoms with Gasteiger partial charge in [0.2, 0.25) is 11.9 Å². The van der Waals surface area contributed by atoms with Crippen molar-refractivity contribution in [2.45, 2.75) is 53.1 Å². The van der Waals surface area contributed by atoms with E-state index in [1.165, 1.54) is 11.9 Å². The first-order valence-corrected chi connectivity index (χ1v) is 12.9. The molecule has 1 aromatic heterocycles. The topological polar surface area (TPSA) is 132 Å². The molecule has 1 heterocycles. The van der Waals surface area contributed by atoms with E-state index in [0.717, 1.165) is 11.4 Å². The van der Waals surface area contributed by atoms with Crippen molar-refractivity contribution in [3.05, 3.63) is 65.5 Å². The summed E-state index contributed by atoms with van der Waals surface area (Å²) in [6, 6.07) is 9.14. The molecule has 0 aliphatic heterocycles. The minimum Gasteiger partial charge on any atom is -0.444 e. The second-order valence-corrected chi connectivity index (χ2v) is 9.73. The molecule has 2 aromatic rings. The molecule has 10 nitrogen and oxygen atoms in total. The number of amides is 2. The Morgan fingerprint density at radius 2 is 1.90 bits per heavy atom. The Balaban J connectivity index is 2.01. The molecule has 0 aliphatic carbocycles. The summed E-state index contributed by atoms with van der Waals surface area (Å²) in [5, 5.41) is 18.3. The first-order valence-electron chi connectivity index (χ1n) is 12.9. The molecule has 210 valence electrons. The monoisotopic (exact) mass is 543 g/mol. The molecule has 0 unspecified atom stereocenters. The van der Waals surface area contributed by atoms with Crippen LogP contribution in [0, 0.1) is 23.2 Å². The van der Waals surface area contributed by atoms with Gasteiger partial charge in [-0.25, -0.2) is 9.78 Å². The average Bonchev–Trinajstić information content (AvgIpc) is 2.90. The van der Waals surface area contributed by atoms with Gasteiger partial charge in [0, 0.05) is 31.4 Å². The number of aromatic nitrogens is 2. The molecule has 40 heavy (non-hydrogen) atoms. The predicted octanol–water partition coefficient (Wildman–Crippen LogP) is 5.10. The standard InChI is InChI=1S/C30H37N7O3/c1-7-12-24(8-2)35-28-33-20-23(27(36-28)34-25-16-14-22(19-31)15-17-25)13-10-9-11-18-32-26(38)21-37(6)29(39)40-30(3,4)5/h7-8,12,14-17,20H,9,11,18,21H2,1-6H3,(H,32,38)(H2,33,34,35,36)/b12-7-,24-8+. The van der Waals surface area contributed by atoms with Gasteiger partial charge in [-0.1, -0.05) is 24.0 Å². The zero-order valence-electron chi connectivity index (χ0n) is 24.0. The van der Waals surface area contributed by atoms with E-state index < -0.39 is 11.7 Å². The summed E-state index contributed by atoms with van der Waals surface area (Å²) in [7, 11) is 1.52. The molecule has 10 heteroatoms. The normalized spacial score (nSPS) is 11.2. The fraction of sp³-hybridized carbons (Fsp3) is 0.367. The number of rotatable bonds is 10. The highest BCUT2D eigenvalue weighted by molar-refractivity contribution is 5.82. The van der Waals surface area contributed by atoms with E-state index in [0.29, 0.717) is 42.3 Å². The van der Waals surface area contributed by atoms with Crippen LogP contribution in [0.3, 0.4) is 0 Å². The summed E-state index contributed by atoms with van der Waals surface area (Å²) in [6.07, 6.45) is 8.00. The Morgan fingerprint density at radius 3 is 2.52 bits per heavy atom. The van der Waals surface area contributed by atoms with Gasteiger partial charge in [0.05, 0.1) is 23.4 Å². The molecular formula is C30H37N7O3. The fourth-order valence-corrected chi connectivity index (χ4v) is 3.15. The molecule has 0 saturated heterocycles. The number of carbonyl (C=O) groups excluding carboxylic acids is 2. The molecule has 0 bridgehead atoms. The van der Waals surface area contributed by atoms with E-state index in [9.17, 15) is 9.59 Å². The lowest BCUT2D eigenvalue weighted by Crippen LogP contribution is -2.41. The zero-order chi connectivity index (χ0) is 29.5. The van der Waals surface area contributed by atoms with E-state index in [1.54, 1.807) is 51.2 Å². The molecule has 1 aromatic carbocycles. The van der Waals surface area contributed by atoms with Crippen LogP contribution in [0.5, 0.6) is 0 Å². The van der Waals surface area contributed by atoms with Gasteiger partial charge < -0.3 is 25.6 Å². The third-order valence-electron chi connectivity index (χ3n) is 5.09. The smallest absolute Gasteiger partial charge is 0.410 e. The molecule has 0 spiro atoms. The van der Waals surface area contributed by atoms with E-state index in [4.69, 9.17) is 10.00 Å². The predicted molar refractivity (Wildman–Crippen MR) is 157 cm³/mol. The molecule has 2 amide bonds. The summed E-state index contributed by atoms with van der Waals surface area (Å²) < 4.78 is 5.25. The number of hydrogen-bond acceptors (Lipinski definition) is 8. The van der Waals surface area contributed by atoms with E-state index >= 15 is 0 Å². The molecule has 0 atom stereocenters. The highest BCUT2D eigenvalue weighted by atomic mass is 16.6. The summed E-state index contributed by atoms with van der Waals surface area (Å²) in [4.78, 5) is 34.4. The number of anilines is 3. The lowest BCUT2D eigenvalue weighted by Gasteiger charge is -2.24. The number of ether oxygens (including phenoxy) is 1. The van der Waals surface area contributed by atoms with Crippen molar-refractivity contribution in [3.63, 3.8) is 0 Å². The first kappa shape index (κ1) is 31.4. The zero-order valence-corrected chi connectivity index (χ0v) is 24.0. The number of allylic oxidation sites excluding steroid dienone is 3. The largest absolute Gasteiger partial charge is 0.444 e. The molecule has 0 aliphatic rings. The average molecular weight is 544 g/mol. The number of unbranched alkanes of at least 4 members (excludes halogenated alkanes) is 1. The SMILES string of the molecule is C/C=C\C(=C/C)Nc1ncc(C#CCCCNC(=O)CN(C)C(=O)OC(C)(C)C)c(Nc2ccc(C#N)cc2)n1. The van der Waals surface area contributed by atoms with Crippen molar-refractivity contribution in [2.24, 2.45) is 0 Å². The van der Waals surface area contributed by atoms with Gasteiger partial charge >= 0.3 is 6.09 Å². The van der Waals surface area contributed by atoms with Crippen molar-refractivity contribution in [1.29, 1.82) is 5.26 Å². The second kappa shape index (κ2) is 15.6. The minimum atomic E-state index is -0.623. The van der Waals surface area contributed by atoms with Gasteiger partial charge in [0.15, 0.2) is 5.82 Å². The third-order valence-corrected chi connectivity index (χ3v) is 5.09. The lowest BCUT2D eigenvalue weighted by atomic mass is 10.2. The van der Waals surface area contributed by atoms with Gasteiger partial charge in [-0.05, 0) is 71.4 Å². The quantitative estimate of drug-likeness (QED) is 0.214. The van der Waals surface area contributed by atoms with Crippen molar-refractivity contribution < 1.29 is 14.3 Å². The number of benzene rings is 1. The Morgan fingerprint density at radius 1 is 1.18 bits per heavy atom. The molecule has 0 radical (unpaired) electrons. The van der Waals surface area contributed by atoms with Crippen LogP contribution in [-0.4, -0.2) is 52.6 Å². The van der Waals surface area contributed by atoms with Crippen molar-refractivity contribution in [1.82, 2.24) is 20.2 Å². The van der Waals surface area contributed by atoms with Gasteiger partial charge in [0.1, 0.15) is 12.1 Å². The van der Waals surface area contributed by atoms with E-state index in [-0.39, 0.29) is 12.5 Å². The minimum absolute atomic E-state index is 0.0916. The van der Waals surface area contributed by atoms with Crippen LogP contribution in [0.2, 0.25) is 0 Å². The van der Waals surface area contributed by atoms with Crippen molar-refractivity contribution in [2.75, 3.05) is 30.8 Å². The van der Waals surface area contributed by atoms with Gasteiger partial charge in [0.25, 0.3) is 0 Å². The third kappa shape index (κ3) is 11.3. The molecule has 3 N–H and O–H groups in total. The summed E-state index contributed by atoms with van der Waals surface area (Å²) in [5.41, 5.74) is 2.14. The van der Waals surface area contributed by atoms with Crippen molar-refractivity contribution >= 4 is 29.5 Å². The molecule has 2 rings (SSSR count). The highest BCUT2D eigenvalue weighted by Crippen LogP contribution is 2.20. The highest BCUT2D eigenvalue weighted by Gasteiger charge is 2.20. The van der Waals surface area contributed by atoms with Crippen LogP contribution in [0.1, 0.15) is 58.6 Å². The van der Waals surface area contributed by atoms with Crippen molar-refractivity contribution in [3.8, 4) is 17.9 Å². The van der Waals surface area contributed by atoms with E-state index in [2.05, 4.69) is 43.8 Å². The van der Waals surface area contributed by atoms with Crippen LogP contribution in [0.4, 0.5) is 22.2 Å². The Bertz CT molecular complexity index is 1320. The van der Waals surface area contributed by atoms with Crippen LogP contribution in [0.25, 0.3) is 0 Å². The van der Waals surface area contributed by atoms with Gasteiger partial charge in [-0.2, -0.15) is 10.2 Å². The number of hydrogen-bond donors (Lipinski definition) is 3. The lowest BCUT2D eigenvalue weighted by molar-refractivity contribution is -0.122. The number of likely N-dealkylation sites (N-methyl/N-ethyl adjacent to an activating group) is 1. The Hall–Kier alpha value is -4.83. The van der Waals surface area contributed by atoms with E-state index in [1.807, 2.05) is 32.1 Å². The van der Waals surface area contributed by atoms with Crippen LogP contribution < -0.4 is 16.0 Å². The number of nitriles is 1. The summed E-state index contributed by atoms with van der Waals surface area (Å²) >= 11 is 0. The number of nitrogens with zero attached hydrogens (tertiary/aromatic N) is 4. The number of carbonyl (C=O) groups is 2. The van der Waals surface area contributed by atoms with Crippen LogP contribution in [-0.2, 0) is 9.53 Å².